The fourth-order valence-electron chi connectivity index (χ4n) is 3.56. The van der Waals surface area contributed by atoms with Crippen LogP contribution in [0.4, 0.5) is 0 Å². The molecule has 0 saturated carbocycles. The molecule has 8 nitrogen and oxygen atoms in total. The van der Waals surface area contributed by atoms with E-state index in [1.165, 1.54) is 0 Å². The average Bonchev–Trinajstić information content (AvgIpc) is 2.72. The van der Waals surface area contributed by atoms with Crippen LogP contribution in [0.15, 0.2) is 18.2 Å². The number of amides is 2. The Morgan fingerprint density at radius 3 is 2.48 bits per heavy atom. The van der Waals surface area contributed by atoms with Crippen LogP contribution >= 0.6 is 0 Å². The van der Waals surface area contributed by atoms with Crippen molar-refractivity contribution in [1.82, 2.24) is 10.2 Å². The molecule has 8 heteroatoms. The lowest BCUT2D eigenvalue weighted by atomic mass is 9.97. The summed E-state index contributed by atoms with van der Waals surface area (Å²) >= 11 is 0. The van der Waals surface area contributed by atoms with E-state index < -0.39 is 12.1 Å². The molecule has 3 rings (SSSR count). The number of nitrogens with zero attached hydrogens (tertiary/aromatic N) is 1. The van der Waals surface area contributed by atoms with Crippen molar-refractivity contribution in [3.05, 3.63) is 23.8 Å². The van der Waals surface area contributed by atoms with E-state index in [-0.39, 0.29) is 24.5 Å². The monoisotopic (exact) mass is 378 g/mol. The molecular formula is C19H26N2O6. The SMILES string of the molecule is COc1ccc([C@H]2NC(=O)CO[C@@H]2C(=O)N2CCC(OC)CC2)cc1OC. The van der Waals surface area contributed by atoms with E-state index in [1.807, 2.05) is 0 Å². The van der Waals surface area contributed by atoms with Crippen molar-refractivity contribution in [2.24, 2.45) is 0 Å². The highest BCUT2D eigenvalue weighted by molar-refractivity contribution is 5.86. The van der Waals surface area contributed by atoms with Gasteiger partial charge in [-0.1, -0.05) is 6.07 Å². The molecule has 1 N–H and O–H groups in total. The number of rotatable bonds is 5. The number of carbonyl (C=O) groups is 2. The number of morpholine rings is 1. The molecule has 2 heterocycles. The predicted octanol–water partition coefficient (Wildman–Crippen LogP) is 0.897. The van der Waals surface area contributed by atoms with Gasteiger partial charge in [-0.3, -0.25) is 9.59 Å². The number of benzene rings is 1. The van der Waals surface area contributed by atoms with Crippen molar-refractivity contribution in [2.75, 3.05) is 41.0 Å². The summed E-state index contributed by atoms with van der Waals surface area (Å²) in [5.74, 6) is 0.733. The van der Waals surface area contributed by atoms with Crippen LogP contribution in [-0.2, 0) is 19.1 Å². The first kappa shape index (κ1) is 19.4. The summed E-state index contributed by atoms with van der Waals surface area (Å²) in [4.78, 5) is 26.8. The molecule has 2 aliphatic heterocycles. The van der Waals surface area contributed by atoms with Crippen LogP contribution in [0.3, 0.4) is 0 Å². The smallest absolute Gasteiger partial charge is 0.254 e. The highest BCUT2D eigenvalue weighted by Crippen LogP contribution is 2.33. The second-order valence-electron chi connectivity index (χ2n) is 6.65. The predicted molar refractivity (Wildman–Crippen MR) is 96.8 cm³/mol. The van der Waals surface area contributed by atoms with Gasteiger partial charge in [0.05, 0.1) is 26.4 Å². The summed E-state index contributed by atoms with van der Waals surface area (Å²) in [6, 6.07) is 4.73. The van der Waals surface area contributed by atoms with E-state index in [9.17, 15) is 9.59 Å². The van der Waals surface area contributed by atoms with Gasteiger partial charge in [-0.05, 0) is 30.5 Å². The second kappa shape index (κ2) is 8.58. The minimum atomic E-state index is -0.778. The molecule has 0 radical (unpaired) electrons. The molecule has 2 atom stereocenters. The molecule has 2 amide bonds. The number of hydrogen-bond donors (Lipinski definition) is 1. The summed E-state index contributed by atoms with van der Waals surface area (Å²) in [6.07, 6.45) is 0.993. The van der Waals surface area contributed by atoms with Gasteiger partial charge in [0.25, 0.3) is 5.91 Å². The fraction of sp³-hybridized carbons (Fsp3) is 0.579. The fourth-order valence-corrected chi connectivity index (χ4v) is 3.56. The zero-order chi connectivity index (χ0) is 19.4. The summed E-state index contributed by atoms with van der Waals surface area (Å²) in [5.41, 5.74) is 0.728. The van der Waals surface area contributed by atoms with Gasteiger partial charge >= 0.3 is 0 Å². The van der Waals surface area contributed by atoms with Crippen LogP contribution in [0.1, 0.15) is 24.4 Å². The maximum atomic E-state index is 13.1. The molecular weight excluding hydrogens is 352 g/mol. The summed E-state index contributed by atoms with van der Waals surface area (Å²) in [6.45, 7) is 1.10. The topological polar surface area (TPSA) is 86.3 Å². The Bertz CT molecular complexity index is 687. The van der Waals surface area contributed by atoms with E-state index in [0.717, 1.165) is 18.4 Å². The number of likely N-dealkylation sites (tertiary alicyclic amines) is 1. The van der Waals surface area contributed by atoms with Gasteiger partial charge in [-0.2, -0.15) is 0 Å². The average molecular weight is 378 g/mol. The normalized spacial score (nSPS) is 23.7. The molecule has 148 valence electrons. The van der Waals surface area contributed by atoms with Gasteiger partial charge in [0.1, 0.15) is 6.61 Å². The first-order valence-corrected chi connectivity index (χ1v) is 9.01. The Balaban J connectivity index is 1.81. The Morgan fingerprint density at radius 1 is 1.15 bits per heavy atom. The van der Waals surface area contributed by atoms with Gasteiger partial charge in [0, 0.05) is 20.2 Å². The van der Waals surface area contributed by atoms with Gasteiger partial charge in [0.15, 0.2) is 17.6 Å². The molecule has 0 unspecified atom stereocenters. The van der Waals surface area contributed by atoms with Crippen LogP contribution in [0, 0.1) is 0 Å². The number of ether oxygens (including phenoxy) is 4. The van der Waals surface area contributed by atoms with E-state index in [0.29, 0.717) is 24.6 Å². The van der Waals surface area contributed by atoms with E-state index in [1.54, 1.807) is 44.4 Å². The van der Waals surface area contributed by atoms with Crippen molar-refractivity contribution in [2.45, 2.75) is 31.1 Å². The molecule has 2 aliphatic rings. The van der Waals surface area contributed by atoms with Crippen molar-refractivity contribution >= 4 is 11.8 Å². The Hall–Kier alpha value is -2.32. The quantitative estimate of drug-likeness (QED) is 0.819. The lowest BCUT2D eigenvalue weighted by Crippen LogP contribution is -2.54. The number of hydrogen-bond acceptors (Lipinski definition) is 6. The number of nitrogens with one attached hydrogen (secondary N) is 1. The van der Waals surface area contributed by atoms with Gasteiger partial charge in [0.2, 0.25) is 5.91 Å². The van der Waals surface area contributed by atoms with Gasteiger partial charge in [-0.25, -0.2) is 0 Å². The Labute approximate surface area is 158 Å². The lowest BCUT2D eigenvalue weighted by molar-refractivity contribution is -0.156. The minimum absolute atomic E-state index is 0.121. The third-order valence-electron chi connectivity index (χ3n) is 5.11. The number of carbonyl (C=O) groups excluding carboxylic acids is 2. The summed E-state index contributed by atoms with van der Waals surface area (Å²) in [7, 11) is 4.79. The molecule has 27 heavy (non-hydrogen) atoms. The molecule has 0 aromatic heterocycles. The maximum absolute atomic E-state index is 13.1. The highest BCUT2D eigenvalue weighted by atomic mass is 16.5. The molecule has 0 spiro atoms. The largest absolute Gasteiger partial charge is 0.493 e. The van der Waals surface area contributed by atoms with Crippen LogP contribution in [0.2, 0.25) is 0 Å². The Morgan fingerprint density at radius 2 is 1.85 bits per heavy atom. The summed E-state index contributed by atoms with van der Waals surface area (Å²) in [5, 5.41) is 2.88. The third kappa shape index (κ3) is 4.17. The van der Waals surface area contributed by atoms with Crippen LogP contribution in [-0.4, -0.2) is 69.9 Å². The molecule has 0 aliphatic carbocycles. The maximum Gasteiger partial charge on any atom is 0.254 e. The zero-order valence-corrected chi connectivity index (χ0v) is 15.9. The van der Waals surface area contributed by atoms with Gasteiger partial charge < -0.3 is 29.2 Å². The zero-order valence-electron chi connectivity index (χ0n) is 15.9. The standard InChI is InChI=1S/C19H26N2O6/c1-24-13-6-8-21(9-7-13)19(23)18-17(20-16(22)11-27-18)12-4-5-14(25-2)15(10-12)26-3/h4-5,10,13,17-18H,6-9,11H2,1-3H3,(H,20,22)/t17-,18+/m1/s1. The first-order valence-electron chi connectivity index (χ1n) is 9.01. The van der Waals surface area contributed by atoms with Gasteiger partial charge in [-0.15, -0.1) is 0 Å². The van der Waals surface area contributed by atoms with Crippen molar-refractivity contribution < 1.29 is 28.5 Å². The molecule has 1 aromatic carbocycles. The number of methoxy groups -OCH3 is 3. The second-order valence-corrected chi connectivity index (χ2v) is 6.65. The van der Waals surface area contributed by atoms with Crippen LogP contribution < -0.4 is 14.8 Å². The van der Waals surface area contributed by atoms with E-state index in [4.69, 9.17) is 18.9 Å². The molecule has 1 aromatic rings. The molecule has 2 fully saturated rings. The number of piperidine rings is 1. The van der Waals surface area contributed by atoms with Crippen molar-refractivity contribution in [3.8, 4) is 11.5 Å². The van der Waals surface area contributed by atoms with E-state index >= 15 is 0 Å². The third-order valence-corrected chi connectivity index (χ3v) is 5.11. The molecule has 0 bridgehead atoms. The van der Waals surface area contributed by atoms with Crippen LogP contribution in [0.5, 0.6) is 11.5 Å². The minimum Gasteiger partial charge on any atom is -0.493 e. The van der Waals surface area contributed by atoms with Crippen molar-refractivity contribution in [3.63, 3.8) is 0 Å². The van der Waals surface area contributed by atoms with E-state index in [2.05, 4.69) is 5.32 Å². The highest BCUT2D eigenvalue weighted by Gasteiger charge is 2.39. The lowest BCUT2D eigenvalue weighted by Gasteiger charge is -2.38. The first-order chi connectivity index (χ1) is 13.1. The Kier molecular flexibility index (Phi) is 6.18. The van der Waals surface area contributed by atoms with Crippen molar-refractivity contribution in [1.29, 1.82) is 0 Å². The molecule has 2 saturated heterocycles. The van der Waals surface area contributed by atoms with Crippen LogP contribution in [0.25, 0.3) is 0 Å². The summed E-state index contributed by atoms with van der Waals surface area (Å²) < 4.78 is 21.6.